The Morgan fingerprint density at radius 3 is 2.62 bits per heavy atom. The van der Waals surface area contributed by atoms with Crippen LogP contribution in [-0.2, 0) is 9.53 Å². The first-order valence-corrected chi connectivity index (χ1v) is 6.51. The van der Waals surface area contributed by atoms with Crippen LogP contribution in [0.5, 0.6) is 5.75 Å². The van der Waals surface area contributed by atoms with E-state index >= 15 is 0 Å². The van der Waals surface area contributed by atoms with Gasteiger partial charge in [-0.3, -0.25) is 10.1 Å². The van der Waals surface area contributed by atoms with Crippen molar-refractivity contribution < 1.29 is 24.2 Å². The van der Waals surface area contributed by atoms with E-state index in [2.05, 4.69) is 5.32 Å². The average molecular weight is 315 g/mol. The van der Waals surface area contributed by atoms with Crippen LogP contribution < -0.4 is 10.6 Å². The lowest BCUT2D eigenvalue weighted by Crippen LogP contribution is -2.44. The summed E-state index contributed by atoms with van der Waals surface area (Å²) in [5.41, 5.74) is -0.128. The molecule has 0 saturated heterocycles. The highest BCUT2D eigenvalue weighted by atomic mass is 35.5. The number of benzene rings is 1. The van der Waals surface area contributed by atoms with E-state index < -0.39 is 24.0 Å². The number of urea groups is 1. The van der Waals surface area contributed by atoms with Crippen LogP contribution in [0.3, 0.4) is 0 Å². The van der Waals surface area contributed by atoms with Crippen LogP contribution >= 0.6 is 11.6 Å². The molecule has 0 aliphatic carbocycles. The minimum Gasteiger partial charge on any atom is -0.507 e. The van der Waals surface area contributed by atoms with Gasteiger partial charge in [-0.25, -0.2) is 9.59 Å². The van der Waals surface area contributed by atoms with Crippen LogP contribution in [0.15, 0.2) is 18.2 Å². The van der Waals surface area contributed by atoms with Crippen LogP contribution in [-0.4, -0.2) is 35.7 Å². The highest BCUT2D eigenvalue weighted by Gasteiger charge is 2.22. The number of phenols is 1. The first-order chi connectivity index (χ1) is 9.85. The van der Waals surface area contributed by atoms with E-state index in [9.17, 15) is 19.5 Å². The third kappa shape index (κ3) is 4.96. The zero-order chi connectivity index (χ0) is 16.0. The van der Waals surface area contributed by atoms with Crippen molar-refractivity contribution >= 4 is 29.5 Å². The standard InChI is InChI=1S/C13H15ClN2O5/c1-3-15-13(20)16-11(18)7(2)21-12(19)9-5-4-8(14)6-10(9)17/h4-7,17H,3H2,1-2H3,(H2,15,16,18,20). The van der Waals surface area contributed by atoms with Gasteiger partial charge in [0.15, 0.2) is 6.10 Å². The van der Waals surface area contributed by atoms with Crippen LogP contribution in [0.2, 0.25) is 5.02 Å². The molecule has 3 N–H and O–H groups in total. The van der Waals surface area contributed by atoms with Crippen molar-refractivity contribution in [3.63, 3.8) is 0 Å². The Labute approximate surface area is 126 Å². The maximum Gasteiger partial charge on any atom is 0.342 e. The van der Waals surface area contributed by atoms with Crippen molar-refractivity contribution in [2.45, 2.75) is 20.0 Å². The van der Waals surface area contributed by atoms with Gasteiger partial charge in [0.05, 0.1) is 0 Å². The third-order valence-electron chi connectivity index (χ3n) is 2.41. The molecule has 0 aromatic heterocycles. The summed E-state index contributed by atoms with van der Waals surface area (Å²) in [6.07, 6.45) is -1.20. The molecule has 8 heteroatoms. The molecular formula is C13H15ClN2O5. The number of phenolic OH excluding ortho intramolecular Hbond substituents is 1. The Morgan fingerprint density at radius 1 is 1.38 bits per heavy atom. The first kappa shape index (κ1) is 16.8. The van der Waals surface area contributed by atoms with Gasteiger partial charge >= 0.3 is 12.0 Å². The molecule has 0 aliphatic rings. The number of rotatable bonds is 4. The number of hydrogen-bond donors (Lipinski definition) is 3. The van der Waals surface area contributed by atoms with Crippen LogP contribution in [0.4, 0.5) is 4.79 Å². The minimum atomic E-state index is -1.20. The Balaban J connectivity index is 2.65. The summed E-state index contributed by atoms with van der Waals surface area (Å²) in [5.74, 6) is -2.03. The smallest absolute Gasteiger partial charge is 0.342 e. The zero-order valence-corrected chi connectivity index (χ0v) is 12.2. The Morgan fingerprint density at radius 2 is 2.05 bits per heavy atom. The highest BCUT2D eigenvalue weighted by Crippen LogP contribution is 2.22. The van der Waals surface area contributed by atoms with Gasteiger partial charge in [-0.1, -0.05) is 11.6 Å². The molecule has 0 aliphatic heterocycles. The molecule has 114 valence electrons. The Kier molecular flexibility index (Phi) is 5.98. The molecule has 3 amide bonds. The molecule has 1 rings (SSSR count). The van der Waals surface area contributed by atoms with E-state index in [0.29, 0.717) is 6.54 Å². The topological polar surface area (TPSA) is 105 Å². The van der Waals surface area contributed by atoms with E-state index in [0.717, 1.165) is 0 Å². The van der Waals surface area contributed by atoms with Crippen LogP contribution in [0, 0.1) is 0 Å². The number of carbonyl (C=O) groups excluding carboxylic acids is 3. The lowest BCUT2D eigenvalue weighted by Gasteiger charge is -2.13. The second-order valence-corrected chi connectivity index (χ2v) is 4.49. The van der Waals surface area contributed by atoms with Crippen LogP contribution in [0.25, 0.3) is 0 Å². The maximum absolute atomic E-state index is 11.8. The predicted octanol–water partition coefficient (Wildman–Crippen LogP) is 1.44. The molecule has 0 spiro atoms. The first-order valence-electron chi connectivity index (χ1n) is 6.13. The van der Waals surface area contributed by atoms with Crippen molar-refractivity contribution in [2.24, 2.45) is 0 Å². The molecule has 0 heterocycles. The monoisotopic (exact) mass is 314 g/mol. The third-order valence-corrected chi connectivity index (χ3v) is 2.64. The number of esters is 1. The van der Waals surface area contributed by atoms with E-state index in [1.807, 2.05) is 5.32 Å². The van der Waals surface area contributed by atoms with Gasteiger partial charge in [-0.15, -0.1) is 0 Å². The molecule has 1 unspecified atom stereocenters. The summed E-state index contributed by atoms with van der Waals surface area (Å²) in [6.45, 7) is 3.35. The van der Waals surface area contributed by atoms with Crippen molar-refractivity contribution in [1.29, 1.82) is 0 Å². The Hall–Kier alpha value is -2.28. The van der Waals surface area contributed by atoms with Crippen molar-refractivity contribution in [2.75, 3.05) is 6.54 Å². The summed E-state index contributed by atoms with van der Waals surface area (Å²) in [5, 5.41) is 14.2. The summed E-state index contributed by atoms with van der Waals surface area (Å²) >= 11 is 5.64. The minimum absolute atomic E-state index is 0.128. The lowest BCUT2D eigenvalue weighted by atomic mass is 10.2. The normalized spacial score (nSPS) is 11.4. The summed E-state index contributed by atoms with van der Waals surface area (Å²) in [6, 6.07) is 3.17. The van der Waals surface area contributed by atoms with Gasteiger partial charge < -0.3 is 15.2 Å². The van der Waals surface area contributed by atoms with Crippen molar-refractivity contribution in [1.82, 2.24) is 10.6 Å². The number of aromatic hydroxyl groups is 1. The number of amides is 3. The molecule has 21 heavy (non-hydrogen) atoms. The van der Waals surface area contributed by atoms with E-state index in [1.165, 1.54) is 25.1 Å². The van der Waals surface area contributed by atoms with Gasteiger partial charge in [0, 0.05) is 11.6 Å². The summed E-state index contributed by atoms with van der Waals surface area (Å²) < 4.78 is 4.86. The Bertz CT molecular complexity index is 561. The van der Waals surface area contributed by atoms with Gasteiger partial charge in [0.25, 0.3) is 5.91 Å². The van der Waals surface area contributed by atoms with E-state index in [4.69, 9.17) is 16.3 Å². The SMILES string of the molecule is CCNC(=O)NC(=O)C(C)OC(=O)c1ccc(Cl)cc1O. The summed E-state index contributed by atoms with van der Waals surface area (Å²) in [4.78, 5) is 34.6. The summed E-state index contributed by atoms with van der Waals surface area (Å²) in [7, 11) is 0. The molecule has 1 aromatic rings. The second kappa shape index (κ2) is 7.49. The molecule has 7 nitrogen and oxygen atoms in total. The lowest BCUT2D eigenvalue weighted by molar-refractivity contribution is -0.127. The number of halogens is 1. The molecule has 0 fully saturated rings. The molecule has 0 radical (unpaired) electrons. The molecular weight excluding hydrogens is 300 g/mol. The van der Waals surface area contributed by atoms with Crippen molar-refractivity contribution in [3.8, 4) is 5.75 Å². The molecule has 0 saturated carbocycles. The number of nitrogens with one attached hydrogen (secondary N) is 2. The van der Waals surface area contributed by atoms with E-state index in [1.54, 1.807) is 6.92 Å². The number of carbonyl (C=O) groups is 3. The fraction of sp³-hybridized carbons (Fsp3) is 0.308. The average Bonchev–Trinajstić information content (AvgIpc) is 2.38. The van der Waals surface area contributed by atoms with Crippen LogP contribution in [0.1, 0.15) is 24.2 Å². The maximum atomic E-state index is 11.8. The molecule has 1 atom stereocenters. The van der Waals surface area contributed by atoms with Gasteiger partial charge in [0.1, 0.15) is 11.3 Å². The quantitative estimate of drug-likeness (QED) is 0.729. The van der Waals surface area contributed by atoms with E-state index in [-0.39, 0.29) is 16.3 Å². The number of imide groups is 1. The van der Waals surface area contributed by atoms with Gasteiger partial charge in [-0.2, -0.15) is 0 Å². The number of hydrogen-bond acceptors (Lipinski definition) is 5. The second-order valence-electron chi connectivity index (χ2n) is 4.06. The van der Waals surface area contributed by atoms with Gasteiger partial charge in [-0.05, 0) is 32.0 Å². The molecule has 1 aromatic carbocycles. The largest absolute Gasteiger partial charge is 0.507 e. The fourth-order valence-electron chi connectivity index (χ4n) is 1.37. The zero-order valence-electron chi connectivity index (χ0n) is 11.5. The molecule has 0 bridgehead atoms. The predicted molar refractivity (Wildman–Crippen MR) is 75.2 cm³/mol. The van der Waals surface area contributed by atoms with Gasteiger partial charge in [0.2, 0.25) is 0 Å². The highest BCUT2D eigenvalue weighted by molar-refractivity contribution is 6.30. The fourth-order valence-corrected chi connectivity index (χ4v) is 1.54. The van der Waals surface area contributed by atoms with Crippen molar-refractivity contribution in [3.05, 3.63) is 28.8 Å². The number of ether oxygens (including phenoxy) is 1.